The Morgan fingerprint density at radius 1 is 1.33 bits per heavy atom. The van der Waals surface area contributed by atoms with Gasteiger partial charge in [-0.3, -0.25) is 14.3 Å². The lowest BCUT2D eigenvalue weighted by Crippen LogP contribution is -2.33. The second-order valence-corrected chi connectivity index (χ2v) is 5.99. The number of aryl methyl sites for hydroxylation is 2. The van der Waals surface area contributed by atoms with E-state index in [1.165, 1.54) is 0 Å². The van der Waals surface area contributed by atoms with E-state index in [9.17, 15) is 5.11 Å². The van der Waals surface area contributed by atoms with Gasteiger partial charge in [-0.25, -0.2) is 0 Å². The van der Waals surface area contributed by atoms with E-state index in [4.69, 9.17) is 4.42 Å². The Balaban J connectivity index is 1.50. The van der Waals surface area contributed by atoms with Crippen molar-refractivity contribution in [2.24, 2.45) is 7.05 Å². The number of nitrogens with zero attached hydrogens (tertiary/aromatic N) is 7. The fourth-order valence-electron chi connectivity index (χ4n) is 3.01. The van der Waals surface area contributed by atoms with Crippen LogP contribution in [-0.2, 0) is 26.7 Å². The summed E-state index contributed by atoms with van der Waals surface area (Å²) in [6.07, 6.45) is 0.894. The fourth-order valence-corrected chi connectivity index (χ4v) is 3.01. The minimum Gasteiger partial charge on any atom is -0.424 e. The summed E-state index contributed by atoms with van der Waals surface area (Å²) in [5, 5.41) is 27.1. The van der Waals surface area contributed by atoms with Gasteiger partial charge in [-0.15, -0.1) is 10.2 Å². The Bertz CT molecular complexity index is 850. The molecule has 24 heavy (non-hydrogen) atoms. The molecule has 3 aromatic rings. The summed E-state index contributed by atoms with van der Waals surface area (Å²) in [4.78, 5) is 2.23. The lowest BCUT2D eigenvalue weighted by molar-refractivity contribution is 0.184. The van der Waals surface area contributed by atoms with Crippen molar-refractivity contribution < 1.29 is 9.52 Å². The molecule has 0 aliphatic carbocycles. The molecule has 0 amide bonds. The third kappa shape index (κ3) is 2.72. The Labute approximate surface area is 138 Å². The normalized spacial score (nSPS) is 16.3. The van der Waals surface area contributed by atoms with Gasteiger partial charge in [-0.2, -0.15) is 10.2 Å². The van der Waals surface area contributed by atoms with Crippen molar-refractivity contribution in [3.05, 3.63) is 47.2 Å². The molecule has 0 fully saturated rings. The van der Waals surface area contributed by atoms with Crippen molar-refractivity contribution >= 4 is 0 Å². The zero-order valence-corrected chi connectivity index (χ0v) is 13.6. The minimum atomic E-state index is -0.775. The predicted molar refractivity (Wildman–Crippen MR) is 82.6 cm³/mol. The zero-order valence-electron chi connectivity index (χ0n) is 13.6. The molecule has 0 radical (unpaired) electrons. The van der Waals surface area contributed by atoms with Crippen LogP contribution in [0.2, 0.25) is 0 Å². The van der Waals surface area contributed by atoms with Crippen LogP contribution in [0.3, 0.4) is 0 Å². The highest BCUT2D eigenvalue weighted by molar-refractivity contribution is 5.22. The molecule has 4 rings (SSSR count). The maximum Gasteiger partial charge on any atom is 0.230 e. The van der Waals surface area contributed by atoms with Crippen molar-refractivity contribution in [2.75, 3.05) is 6.54 Å². The summed E-state index contributed by atoms with van der Waals surface area (Å²) in [5.74, 6) is 1.20. The van der Waals surface area contributed by atoms with E-state index in [0.29, 0.717) is 24.0 Å². The molecule has 126 valence electrons. The van der Waals surface area contributed by atoms with Crippen LogP contribution in [0.25, 0.3) is 0 Å². The largest absolute Gasteiger partial charge is 0.424 e. The van der Waals surface area contributed by atoms with Crippen molar-refractivity contribution in [1.82, 2.24) is 34.7 Å². The van der Waals surface area contributed by atoms with E-state index in [0.717, 1.165) is 31.0 Å². The average Bonchev–Trinajstić information content (AvgIpc) is 3.26. The molecule has 4 heterocycles. The Morgan fingerprint density at radius 3 is 2.92 bits per heavy atom. The summed E-state index contributed by atoms with van der Waals surface area (Å²) < 4.78 is 9.05. The molecule has 0 aromatic carbocycles. The van der Waals surface area contributed by atoms with Crippen LogP contribution in [0, 0.1) is 6.92 Å². The van der Waals surface area contributed by atoms with Gasteiger partial charge in [0.1, 0.15) is 6.10 Å². The van der Waals surface area contributed by atoms with Gasteiger partial charge in [0.15, 0.2) is 0 Å². The molecular formula is C15H19N7O2. The summed E-state index contributed by atoms with van der Waals surface area (Å²) in [7, 11) is 1.81. The van der Waals surface area contributed by atoms with Crippen molar-refractivity contribution in [2.45, 2.75) is 32.7 Å². The molecular weight excluding hydrogens is 310 g/mol. The molecule has 1 atom stereocenters. The number of aliphatic hydroxyl groups excluding tert-OH is 1. The Kier molecular flexibility index (Phi) is 3.66. The van der Waals surface area contributed by atoms with Crippen LogP contribution in [0.5, 0.6) is 0 Å². The molecule has 1 unspecified atom stereocenters. The lowest BCUT2D eigenvalue weighted by Gasteiger charge is -2.25. The molecule has 9 nitrogen and oxygen atoms in total. The van der Waals surface area contributed by atoms with E-state index in [2.05, 4.69) is 25.3 Å². The van der Waals surface area contributed by atoms with E-state index in [1.807, 2.05) is 17.8 Å². The van der Waals surface area contributed by atoms with Crippen LogP contribution < -0.4 is 0 Å². The molecule has 1 aliphatic heterocycles. The van der Waals surface area contributed by atoms with Crippen molar-refractivity contribution in [3.8, 4) is 0 Å². The smallest absolute Gasteiger partial charge is 0.230 e. The maximum absolute atomic E-state index is 10.5. The van der Waals surface area contributed by atoms with Crippen molar-refractivity contribution in [3.63, 3.8) is 0 Å². The summed E-state index contributed by atoms with van der Waals surface area (Å²) in [6.45, 7) is 4.74. The first-order chi connectivity index (χ1) is 11.6. The standard InChI is InChI=1S/C15H19N7O2/c1-10-17-18-14(24-10)9-21-5-6-22-11(8-21)7-12(19-22)15(23)13-3-4-16-20(13)2/h3-4,7,15,23H,5-6,8-9H2,1-2H3. The molecule has 0 bridgehead atoms. The quantitative estimate of drug-likeness (QED) is 0.740. The molecule has 0 saturated carbocycles. The highest BCUT2D eigenvalue weighted by Gasteiger charge is 2.24. The molecule has 1 N–H and O–H groups in total. The molecule has 0 saturated heterocycles. The number of hydrogen-bond acceptors (Lipinski definition) is 7. The third-order valence-electron chi connectivity index (χ3n) is 4.24. The van der Waals surface area contributed by atoms with Gasteiger partial charge in [-0.05, 0) is 12.1 Å². The average molecular weight is 329 g/mol. The van der Waals surface area contributed by atoms with Gasteiger partial charge in [0.2, 0.25) is 11.8 Å². The monoisotopic (exact) mass is 329 g/mol. The number of aliphatic hydroxyl groups is 1. The van der Waals surface area contributed by atoms with Gasteiger partial charge in [0.05, 0.1) is 30.2 Å². The topological polar surface area (TPSA) is 98.0 Å². The number of aromatic nitrogens is 6. The van der Waals surface area contributed by atoms with E-state index >= 15 is 0 Å². The van der Waals surface area contributed by atoms with E-state index < -0.39 is 6.10 Å². The van der Waals surface area contributed by atoms with Gasteiger partial charge >= 0.3 is 0 Å². The van der Waals surface area contributed by atoms with Crippen LogP contribution in [-0.4, -0.2) is 46.3 Å². The SMILES string of the molecule is Cc1nnc(CN2CCn3nc(C(O)c4ccnn4C)cc3C2)o1. The number of rotatable bonds is 4. The summed E-state index contributed by atoms with van der Waals surface area (Å²) >= 11 is 0. The molecule has 9 heteroatoms. The summed E-state index contributed by atoms with van der Waals surface area (Å²) in [5.41, 5.74) is 2.43. The lowest BCUT2D eigenvalue weighted by atomic mass is 10.1. The fraction of sp³-hybridized carbons (Fsp3) is 0.467. The molecule has 1 aliphatic rings. The zero-order chi connectivity index (χ0) is 16.7. The van der Waals surface area contributed by atoms with Crippen LogP contribution in [0.15, 0.2) is 22.7 Å². The van der Waals surface area contributed by atoms with E-state index in [1.54, 1.807) is 23.9 Å². The highest BCUT2D eigenvalue weighted by atomic mass is 16.4. The first-order valence-electron chi connectivity index (χ1n) is 7.84. The Hall–Kier alpha value is -2.52. The molecule has 0 spiro atoms. The molecule has 3 aromatic heterocycles. The van der Waals surface area contributed by atoms with Gasteiger partial charge in [0, 0.05) is 33.3 Å². The highest BCUT2D eigenvalue weighted by Crippen LogP contribution is 2.23. The van der Waals surface area contributed by atoms with Crippen LogP contribution >= 0.6 is 0 Å². The van der Waals surface area contributed by atoms with E-state index in [-0.39, 0.29) is 0 Å². The van der Waals surface area contributed by atoms with Crippen molar-refractivity contribution in [1.29, 1.82) is 0 Å². The number of hydrogen-bond donors (Lipinski definition) is 1. The summed E-state index contributed by atoms with van der Waals surface area (Å²) in [6, 6.07) is 3.75. The van der Waals surface area contributed by atoms with Crippen LogP contribution in [0.4, 0.5) is 0 Å². The second-order valence-electron chi connectivity index (χ2n) is 5.99. The predicted octanol–water partition coefficient (Wildman–Crippen LogP) is 0.406. The second kappa shape index (κ2) is 5.84. The first kappa shape index (κ1) is 15.0. The number of fused-ring (bicyclic) bond motifs is 1. The van der Waals surface area contributed by atoms with Crippen LogP contribution in [0.1, 0.15) is 35.0 Å². The van der Waals surface area contributed by atoms with Gasteiger partial charge in [0.25, 0.3) is 0 Å². The Morgan fingerprint density at radius 2 is 2.21 bits per heavy atom. The first-order valence-corrected chi connectivity index (χ1v) is 7.84. The van der Waals surface area contributed by atoms with Gasteiger partial charge in [-0.1, -0.05) is 0 Å². The minimum absolute atomic E-state index is 0.577. The third-order valence-corrected chi connectivity index (χ3v) is 4.24. The van der Waals surface area contributed by atoms with Gasteiger partial charge < -0.3 is 9.52 Å². The maximum atomic E-state index is 10.5.